The second-order valence-electron chi connectivity index (χ2n) is 5.39. The minimum Gasteiger partial charge on any atom is -0.497 e. The van der Waals surface area contributed by atoms with Crippen LogP contribution in [0.1, 0.15) is 41.5 Å². The lowest BCUT2D eigenvalue weighted by molar-refractivity contribution is 0.0681. The molecule has 0 fully saturated rings. The van der Waals surface area contributed by atoms with E-state index in [0.717, 1.165) is 22.4 Å². The third kappa shape index (κ3) is 2.77. The summed E-state index contributed by atoms with van der Waals surface area (Å²) in [6.07, 6.45) is 0. The van der Waals surface area contributed by atoms with Crippen LogP contribution in [0.5, 0.6) is 5.75 Å². The Morgan fingerprint density at radius 2 is 1.81 bits per heavy atom. The molecule has 21 heavy (non-hydrogen) atoms. The smallest absolute Gasteiger partial charge is 0.354 e. The lowest BCUT2D eigenvalue weighted by Crippen LogP contribution is -2.11. The Morgan fingerprint density at radius 1 is 1.24 bits per heavy atom. The van der Waals surface area contributed by atoms with Crippen molar-refractivity contribution < 1.29 is 14.6 Å². The van der Waals surface area contributed by atoms with Gasteiger partial charge >= 0.3 is 5.97 Å². The highest BCUT2D eigenvalue weighted by Crippen LogP contribution is 2.31. The molecule has 0 bridgehead atoms. The molecule has 0 spiro atoms. The normalized spacial score (nSPS) is 11.0. The molecule has 2 rings (SSSR count). The van der Waals surface area contributed by atoms with Crippen LogP contribution in [0.4, 0.5) is 0 Å². The Kier molecular flexibility index (Phi) is 4.02. The molecule has 5 heteroatoms. The molecule has 0 amide bonds. The van der Waals surface area contributed by atoms with Crippen LogP contribution in [0.15, 0.2) is 18.2 Å². The van der Waals surface area contributed by atoms with Gasteiger partial charge in [-0.05, 0) is 57.0 Å². The number of aryl methyl sites for hydroxylation is 2. The van der Waals surface area contributed by atoms with Crippen LogP contribution in [0.25, 0.3) is 11.3 Å². The van der Waals surface area contributed by atoms with E-state index in [2.05, 4.69) is 5.10 Å². The Bertz CT molecular complexity index is 664. The van der Waals surface area contributed by atoms with E-state index < -0.39 is 5.97 Å². The van der Waals surface area contributed by atoms with E-state index in [1.54, 1.807) is 17.9 Å². The number of benzene rings is 1. The van der Waals surface area contributed by atoms with E-state index in [1.165, 1.54) is 0 Å². The zero-order valence-corrected chi connectivity index (χ0v) is 13.0. The van der Waals surface area contributed by atoms with Crippen molar-refractivity contribution in [1.29, 1.82) is 0 Å². The number of aromatic nitrogens is 2. The number of nitrogens with zero attached hydrogens (tertiary/aromatic N) is 2. The molecule has 0 saturated carbocycles. The first kappa shape index (κ1) is 15.1. The molecule has 0 aliphatic heterocycles. The summed E-state index contributed by atoms with van der Waals surface area (Å²) >= 11 is 0. The third-order valence-corrected chi connectivity index (χ3v) is 3.44. The maximum Gasteiger partial charge on any atom is 0.354 e. The van der Waals surface area contributed by atoms with Crippen LogP contribution in [0.2, 0.25) is 0 Å². The number of hydrogen-bond donors (Lipinski definition) is 1. The second-order valence-corrected chi connectivity index (χ2v) is 5.39. The average molecular weight is 288 g/mol. The lowest BCUT2D eigenvalue weighted by Gasteiger charge is -2.10. The van der Waals surface area contributed by atoms with E-state index in [-0.39, 0.29) is 11.7 Å². The van der Waals surface area contributed by atoms with Gasteiger partial charge in [-0.15, -0.1) is 0 Å². The van der Waals surface area contributed by atoms with Gasteiger partial charge in [0.1, 0.15) is 11.4 Å². The minimum absolute atomic E-state index is 0.0105. The van der Waals surface area contributed by atoms with Crippen molar-refractivity contribution in [1.82, 2.24) is 9.78 Å². The molecular formula is C16H20N2O3. The van der Waals surface area contributed by atoms with Gasteiger partial charge in [-0.3, -0.25) is 4.68 Å². The lowest BCUT2D eigenvalue weighted by atomic mass is 9.99. The van der Waals surface area contributed by atoms with Crippen LogP contribution in [0.3, 0.4) is 0 Å². The highest BCUT2D eigenvalue weighted by atomic mass is 16.5. The van der Waals surface area contributed by atoms with Gasteiger partial charge in [-0.1, -0.05) is 0 Å². The summed E-state index contributed by atoms with van der Waals surface area (Å²) in [5, 5.41) is 13.8. The van der Waals surface area contributed by atoms with Gasteiger partial charge in [0.2, 0.25) is 0 Å². The zero-order chi connectivity index (χ0) is 15.7. The standard InChI is InChI=1S/C16H20N2O3/c1-9(2)18-14(16(19)20)8-13(17-18)15-10(3)6-12(21-5)7-11(15)4/h6-9H,1-5H3,(H,19,20). The van der Waals surface area contributed by atoms with E-state index in [9.17, 15) is 9.90 Å². The Labute approximate surface area is 124 Å². The van der Waals surface area contributed by atoms with Crippen molar-refractivity contribution >= 4 is 5.97 Å². The molecule has 5 nitrogen and oxygen atoms in total. The topological polar surface area (TPSA) is 64.3 Å². The van der Waals surface area contributed by atoms with Crippen LogP contribution >= 0.6 is 0 Å². The van der Waals surface area contributed by atoms with Gasteiger partial charge in [-0.25, -0.2) is 4.79 Å². The first-order valence-electron chi connectivity index (χ1n) is 6.83. The maximum atomic E-state index is 11.4. The predicted molar refractivity (Wildman–Crippen MR) is 81.0 cm³/mol. The molecule has 0 atom stereocenters. The molecule has 1 heterocycles. The number of methoxy groups -OCH3 is 1. The molecule has 112 valence electrons. The van der Waals surface area contributed by atoms with Crippen molar-refractivity contribution in [2.75, 3.05) is 7.11 Å². The average Bonchev–Trinajstić information content (AvgIpc) is 2.83. The Morgan fingerprint density at radius 3 is 2.19 bits per heavy atom. The van der Waals surface area contributed by atoms with E-state index in [0.29, 0.717) is 5.69 Å². The molecule has 0 radical (unpaired) electrons. The quantitative estimate of drug-likeness (QED) is 0.935. The molecule has 0 saturated heterocycles. The number of rotatable bonds is 4. The van der Waals surface area contributed by atoms with Crippen molar-refractivity contribution in [2.24, 2.45) is 0 Å². The number of carbonyl (C=O) groups is 1. The number of hydrogen-bond acceptors (Lipinski definition) is 3. The number of ether oxygens (including phenoxy) is 1. The number of carboxylic acids is 1. The summed E-state index contributed by atoms with van der Waals surface area (Å²) in [5.41, 5.74) is 3.86. The molecular weight excluding hydrogens is 268 g/mol. The van der Waals surface area contributed by atoms with Crippen molar-refractivity contribution in [3.63, 3.8) is 0 Å². The molecule has 0 unspecified atom stereocenters. The van der Waals surface area contributed by atoms with E-state index in [1.807, 2.05) is 39.8 Å². The van der Waals surface area contributed by atoms with Crippen molar-refractivity contribution in [2.45, 2.75) is 33.7 Å². The predicted octanol–water partition coefficient (Wildman–Crippen LogP) is 3.45. The second kappa shape index (κ2) is 5.60. The van der Waals surface area contributed by atoms with Crippen LogP contribution in [-0.4, -0.2) is 28.0 Å². The number of carboxylic acid groups (broad SMARTS) is 1. The summed E-state index contributed by atoms with van der Waals surface area (Å²) in [6.45, 7) is 7.77. The Balaban J connectivity index is 2.63. The Hall–Kier alpha value is -2.30. The summed E-state index contributed by atoms with van der Waals surface area (Å²) in [4.78, 5) is 11.4. The third-order valence-electron chi connectivity index (χ3n) is 3.44. The summed E-state index contributed by atoms with van der Waals surface area (Å²) in [5.74, 6) is -0.179. The van der Waals surface area contributed by atoms with Gasteiger partial charge in [-0.2, -0.15) is 5.10 Å². The molecule has 2 aromatic rings. The van der Waals surface area contributed by atoms with Crippen molar-refractivity contribution in [3.05, 3.63) is 35.0 Å². The van der Waals surface area contributed by atoms with Gasteiger partial charge in [0.25, 0.3) is 0 Å². The minimum atomic E-state index is -0.966. The summed E-state index contributed by atoms with van der Waals surface area (Å²) < 4.78 is 6.79. The summed E-state index contributed by atoms with van der Waals surface area (Å²) in [7, 11) is 1.63. The van der Waals surface area contributed by atoms with Crippen molar-refractivity contribution in [3.8, 4) is 17.0 Å². The van der Waals surface area contributed by atoms with Gasteiger partial charge < -0.3 is 9.84 Å². The first-order chi connectivity index (χ1) is 9.85. The molecule has 1 aromatic carbocycles. The van der Waals surface area contributed by atoms with Crippen LogP contribution < -0.4 is 4.74 Å². The zero-order valence-electron chi connectivity index (χ0n) is 13.0. The largest absolute Gasteiger partial charge is 0.497 e. The fraction of sp³-hybridized carbons (Fsp3) is 0.375. The van der Waals surface area contributed by atoms with E-state index >= 15 is 0 Å². The molecule has 1 N–H and O–H groups in total. The highest BCUT2D eigenvalue weighted by Gasteiger charge is 2.19. The monoisotopic (exact) mass is 288 g/mol. The maximum absolute atomic E-state index is 11.4. The van der Waals surface area contributed by atoms with Crippen LogP contribution in [-0.2, 0) is 0 Å². The van der Waals surface area contributed by atoms with Gasteiger partial charge in [0.15, 0.2) is 0 Å². The fourth-order valence-corrected chi connectivity index (χ4v) is 2.52. The molecule has 1 aromatic heterocycles. The molecule has 0 aliphatic rings. The fourth-order valence-electron chi connectivity index (χ4n) is 2.52. The van der Waals surface area contributed by atoms with E-state index in [4.69, 9.17) is 4.74 Å². The SMILES string of the molecule is COc1cc(C)c(-c2cc(C(=O)O)n(C(C)C)n2)c(C)c1. The first-order valence-corrected chi connectivity index (χ1v) is 6.83. The number of aromatic carboxylic acids is 1. The highest BCUT2D eigenvalue weighted by molar-refractivity contribution is 5.87. The molecule has 0 aliphatic carbocycles. The van der Waals surface area contributed by atoms with Gasteiger partial charge in [0.05, 0.1) is 12.8 Å². The van der Waals surface area contributed by atoms with Crippen LogP contribution in [0, 0.1) is 13.8 Å². The van der Waals surface area contributed by atoms with Gasteiger partial charge in [0, 0.05) is 11.6 Å². The summed E-state index contributed by atoms with van der Waals surface area (Å²) in [6, 6.07) is 5.47.